The molecule has 0 radical (unpaired) electrons. The zero-order valence-corrected chi connectivity index (χ0v) is 43.8. The van der Waals surface area contributed by atoms with Crippen LogP contribution in [-0.4, -0.2) is 68.4 Å². The van der Waals surface area contributed by atoms with Crippen molar-refractivity contribution in [1.29, 1.82) is 42.1 Å². The van der Waals surface area contributed by atoms with Crippen LogP contribution in [0.4, 0.5) is 45.5 Å². The summed E-state index contributed by atoms with van der Waals surface area (Å²) in [6.07, 6.45) is 17.8. The molecule has 0 heterocycles. The molecule has 0 unspecified atom stereocenters. The van der Waals surface area contributed by atoms with Gasteiger partial charge in [-0.15, -0.1) is 0 Å². The van der Waals surface area contributed by atoms with Gasteiger partial charge in [-0.25, -0.2) is 4.58 Å². The maximum Gasteiger partial charge on any atom is 0.212 e. The Labute approximate surface area is 450 Å². The number of benzene rings is 4. The van der Waals surface area contributed by atoms with Crippen LogP contribution in [0.3, 0.4) is 0 Å². The van der Waals surface area contributed by atoms with Crippen LogP contribution in [0.5, 0.6) is 0 Å². The summed E-state index contributed by atoms with van der Waals surface area (Å²) in [4.78, 5) is 8.96. The van der Waals surface area contributed by atoms with Gasteiger partial charge in [-0.05, 0) is 111 Å². The van der Waals surface area contributed by atoms with Crippen LogP contribution in [0.1, 0.15) is 103 Å². The second-order valence-electron chi connectivity index (χ2n) is 18.3. The molecule has 0 amide bonds. The van der Waals surface area contributed by atoms with E-state index >= 15 is 0 Å². The maximum absolute atomic E-state index is 9.28. The Hall–Kier alpha value is -9.18. The monoisotopic (exact) mass is 1010 g/mol. The topological polar surface area (TPSA) is 209 Å². The Bertz CT molecular complexity index is 2740. The van der Waals surface area contributed by atoms with Gasteiger partial charge in [-0.3, -0.25) is 0 Å². The first-order valence-electron chi connectivity index (χ1n) is 26.5. The molecule has 0 saturated heterocycles. The lowest BCUT2D eigenvalue weighted by molar-refractivity contribution is -0.527. The van der Waals surface area contributed by atoms with E-state index in [0.717, 1.165) is 108 Å². The van der Waals surface area contributed by atoms with E-state index in [-0.39, 0.29) is 0 Å². The Morgan fingerprint density at radius 1 is 0.289 bits per heavy atom. The molecule has 1 aliphatic carbocycles. The van der Waals surface area contributed by atoms with E-state index in [9.17, 15) is 42.1 Å². The van der Waals surface area contributed by atoms with Crippen LogP contribution < -0.4 is 24.2 Å². The third-order valence-corrected chi connectivity index (χ3v) is 13.0. The third-order valence-electron chi connectivity index (χ3n) is 13.0. The largest absolute Gasteiger partial charge is 0.371 e. The van der Waals surface area contributed by atoms with Crippen LogP contribution >= 0.6 is 0 Å². The molecule has 0 bridgehead atoms. The van der Waals surface area contributed by atoms with Crippen LogP contribution in [-0.2, 0) is 0 Å². The van der Waals surface area contributed by atoms with Crippen molar-refractivity contribution in [2.24, 2.45) is 0 Å². The Balaban J connectivity index is 1.62. The average Bonchev–Trinajstić information content (AvgIpc) is 3.46. The highest BCUT2D eigenvalue weighted by Crippen LogP contribution is 2.38. The van der Waals surface area contributed by atoms with Crippen molar-refractivity contribution >= 4 is 56.9 Å². The molecule has 0 saturated carbocycles. The fraction of sp³-hybridized carbons (Fsp3) is 0.387. The standard InChI is InChI=1S/C62H68N14/c63-37-1-9-45-71(46-10-2-38-64)53-17-25-57(26-18-53)75(58-27-19-54(20-28-58)72(47-11-3-39-65)48-12-4-40-66)61-33-35-62(36-34-61)76(59-29-21-55(22-30-59)73(49-13-5-41-67)50-14-6-42-68)60-31-23-56(24-32-60)74(51-15-7-43-69)52-16-8-44-70/h17-36H,1-16,45-52H2/q+2. The number of hydrogen-bond donors (Lipinski definition) is 0. The van der Waals surface area contributed by atoms with E-state index in [0.29, 0.717) is 104 Å². The first kappa shape index (κ1) is 57.7. The minimum atomic E-state index is 0.453. The highest BCUT2D eigenvalue weighted by atomic mass is 15.2. The van der Waals surface area contributed by atoms with Crippen molar-refractivity contribution in [3.8, 4) is 48.6 Å². The highest BCUT2D eigenvalue weighted by Gasteiger charge is 2.24. The van der Waals surface area contributed by atoms with Crippen molar-refractivity contribution in [1.82, 2.24) is 4.58 Å². The number of hydrogen-bond acceptors (Lipinski definition) is 12. The number of allylic oxidation sites excluding steroid dienone is 4. The second kappa shape index (κ2) is 33.5. The maximum atomic E-state index is 9.28. The lowest BCUT2D eigenvalue weighted by atomic mass is 10.1. The lowest BCUT2D eigenvalue weighted by Crippen LogP contribution is -2.26. The van der Waals surface area contributed by atoms with Crippen molar-refractivity contribution < 1.29 is 4.58 Å². The smallest absolute Gasteiger partial charge is 0.212 e. The zero-order chi connectivity index (χ0) is 54.0. The minimum absolute atomic E-state index is 0.453. The third kappa shape index (κ3) is 18.1. The predicted molar refractivity (Wildman–Crippen MR) is 303 cm³/mol. The van der Waals surface area contributed by atoms with E-state index in [1.165, 1.54) is 0 Å². The number of rotatable bonds is 32. The summed E-state index contributed by atoms with van der Waals surface area (Å²) in [5.41, 5.74) is 9.65. The summed E-state index contributed by atoms with van der Waals surface area (Å²) in [5, 5.41) is 74.3. The van der Waals surface area contributed by atoms with Crippen molar-refractivity contribution in [3.63, 3.8) is 0 Å². The number of anilines is 6. The van der Waals surface area contributed by atoms with Gasteiger partial charge in [-0.2, -0.15) is 46.7 Å². The number of nitrogens with zero attached hydrogens (tertiary/aromatic N) is 14. The molecule has 0 spiro atoms. The SMILES string of the molecule is N#CCCCN(CCCC#N)c1ccc(N(c2ccc(N(CCCC#N)CCCC#N)cc2)c2ccc([N+](=C3C=CC(=[N+](CCCC#N)CCCC#N)C=C3)c3ccc(N(CCCC#N)CCCC#N)cc3)cc2)cc1. The first-order chi connectivity index (χ1) is 37.4. The molecular weight excluding hydrogens is 941 g/mol. The van der Waals surface area contributed by atoms with Crippen LogP contribution in [0.15, 0.2) is 121 Å². The number of unbranched alkanes of at least 4 members (excludes halogenated alkanes) is 8. The summed E-state index contributed by atoms with van der Waals surface area (Å²) in [6.45, 7) is 5.65. The molecular formula is C62H68N14+2. The van der Waals surface area contributed by atoms with Gasteiger partial charge in [-0.1, -0.05) is 0 Å². The van der Waals surface area contributed by atoms with Crippen molar-refractivity contribution in [2.45, 2.75) is 103 Å². The van der Waals surface area contributed by atoms with Gasteiger partial charge in [0.25, 0.3) is 0 Å². The van der Waals surface area contributed by atoms with Gasteiger partial charge in [0.2, 0.25) is 17.1 Å². The molecule has 384 valence electrons. The average molecular weight is 1010 g/mol. The van der Waals surface area contributed by atoms with Crippen molar-refractivity contribution in [3.05, 3.63) is 121 Å². The van der Waals surface area contributed by atoms with Crippen LogP contribution in [0, 0.1) is 90.6 Å². The van der Waals surface area contributed by atoms with Crippen LogP contribution in [0.2, 0.25) is 0 Å². The summed E-state index contributed by atoms with van der Waals surface area (Å²) in [5.74, 6) is 0. The molecule has 0 fully saturated rings. The molecule has 0 N–H and O–H groups in total. The molecule has 4 aromatic rings. The van der Waals surface area contributed by atoms with Crippen molar-refractivity contribution in [2.75, 3.05) is 72.0 Å². The fourth-order valence-corrected chi connectivity index (χ4v) is 9.17. The Kier molecular flexibility index (Phi) is 25.5. The molecule has 76 heavy (non-hydrogen) atoms. The normalized spacial score (nSPS) is 11.1. The highest BCUT2D eigenvalue weighted by molar-refractivity contribution is 6.18. The molecule has 0 aliphatic heterocycles. The van der Waals surface area contributed by atoms with E-state index in [1.54, 1.807) is 0 Å². The molecule has 1 aliphatic rings. The Morgan fingerprint density at radius 2 is 0.526 bits per heavy atom. The van der Waals surface area contributed by atoms with Gasteiger partial charge in [0.1, 0.15) is 13.1 Å². The summed E-state index contributed by atoms with van der Waals surface area (Å²) in [6, 6.07) is 51.8. The van der Waals surface area contributed by atoms with E-state index in [4.69, 9.17) is 0 Å². The quantitative estimate of drug-likeness (QED) is 0.0254. The van der Waals surface area contributed by atoms with E-state index < -0.39 is 0 Å². The van der Waals surface area contributed by atoms with Gasteiger partial charge in [0.05, 0.1) is 48.6 Å². The van der Waals surface area contributed by atoms with Gasteiger partial charge < -0.3 is 19.6 Å². The fourth-order valence-electron chi connectivity index (χ4n) is 9.17. The summed E-state index contributed by atoms with van der Waals surface area (Å²) >= 11 is 0. The predicted octanol–water partition coefficient (Wildman–Crippen LogP) is 12.9. The Morgan fingerprint density at radius 3 is 0.816 bits per heavy atom. The summed E-state index contributed by atoms with van der Waals surface area (Å²) < 4.78 is 4.46. The first-order valence-corrected chi connectivity index (χ1v) is 26.5. The van der Waals surface area contributed by atoms with E-state index in [1.807, 2.05) is 0 Å². The lowest BCUT2D eigenvalue weighted by Gasteiger charge is -2.29. The molecule has 0 aromatic heterocycles. The minimum Gasteiger partial charge on any atom is -0.371 e. The van der Waals surface area contributed by atoms with Gasteiger partial charge >= 0.3 is 0 Å². The number of nitriles is 8. The van der Waals surface area contributed by atoms with Gasteiger partial charge in [0.15, 0.2) is 5.71 Å². The van der Waals surface area contributed by atoms with Crippen LogP contribution in [0.25, 0.3) is 0 Å². The molecule has 4 aromatic carbocycles. The zero-order valence-electron chi connectivity index (χ0n) is 43.8. The molecule has 14 nitrogen and oxygen atoms in total. The second-order valence-corrected chi connectivity index (χ2v) is 18.3. The van der Waals surface area contributed by atoms with E-state index in [2.05, 4.69) is 199 Å². The molecule has 14 heteroatoms. The van der Waals surface area contributed by atoms with Gasteiger partial charge in [0, 0.05) is 186 Å². The molecule has 5 rings (SSSR count). The summed E-state index contributed by atoms with van der Waals surface area (Å²) in [7, 11) is 0. The molecule has 0 atom stereocenters.